The minimum absolute atomic E-state index is 0.385. The van der Waals surface area contributed by atoms with E-state index in [-0.39, 0.29) is 0 Å². The molecule has 1 saturated heterocycles. The van der Waals surface area contributed by atoms with Crippen molar-refractivity contribution in [3.63, 3.8) is 0 Å². The number of piperazine rings is 1. The Morgan fingerprint density at radius 1 is 1.06 bits per heavy atom. The first kappa shape index (κ1) is 21.0. The van der Waals surface area contributed by atoms with Crippen molar-refractivity contribution < 1.29 is 0 Å². The first-order valence-corrected chi connectivity index (χ1v) is 11.8. The van der Waals surface area contributed by atoms with Crippen LogP contribution in [0.3, 0.4) is 0 Å². The van der Waals surface area contributed by atoms with E-state index in [0.29, 0.717) is 11.1 Å². The van der Waals surface area contributed by atoms with Gasteiger partial charge >= 0.3 is 0 Å². The van der Waals surface area contributed by atoms with E-state index in [9.17, 15) is 0 Å². The summed E-state index contributed by atoms with van der Waals surface area (Å²) in [6.07, 6.45) is 6.35. The van der Waals surface area contributed by atoms with Crippen LogP contribution in [0.1, 0.15) is 31.4 Å². The number of aryl methyl sites for hydroxylation is 1. The maximum atomic E-state index is 6.16. The summed E-state index contributed by atoms with van der Waals surface area (Å²) in [4.78, 5) is 18.8. The van der Waals surface area contributed by atoms with Gasteiger partial charge in [0, 0.05) is 66.3 Å². The second-order valence-corrected chi connectivity index (χ2v) is 9.28. The van der Waals surface area contributed by atoms with E-state index in [2.05, 4.69) is 49.9 Å². The van der Waals surface area contributed by atoms with Crippen molar-refractivity contribution in [3.05, 3.63) is 59.4 Å². The molecule has 1 aliphatic carbocycles. The Morgan fingerprint density at radius 3 is 2.69 bits per heavy atom. The number of rotatable bonds is 4. The van der Waals surface area contributed by atoms with Gasteiger partial charge < -0.3 is 15.1 Å². The molecule has 1 N–H and O–H groups in total. The fourth-order valence-corrected chi connectivity index (χ4v) is 4.96. The molecule has 2 aromatic heterocycles. The zero-order valence-electron chi connectivity index (χ0n) is 18.5. The molecule has 3 aromatic rings. The van der Waals surface area contributed by atoms with E-state index in [1.807, 2.05) is 25.3 Å². The third-order valence-electron chi connectivity index (χ3n) is 6.42. The summed E-state index contributed by atoms with van der Waals surface area (Å²) in [6.45, 7) is 9.88. The number of halogens is 1. The van der Waals surface area contributed by atoms with Gasteiger partial charge in [-0.25, -0.2) is 4.98 Å². The smallest absolute Gasteiger partial charge is 0.225 e. The van der Waals surface area contributed by atoms with Crippen LogP contribution >= 0.6 is 11.6 Å². The Balaban J connectivity index is 1.29. The fourth-order valence-electron chi connectivity index (χ4n) is 4.79. The lowest BCUT2D eigenvalue weighted by molar-refractivity contribution is 0.542. The van der Waals surface area contributed by atoms with Crippen LogP contribution < -0.4 is 15.1 Å². The van der Waals surface area contributed by atoms with E-state index in [0.717, 1.165) is 73.8 Å². The fraction of sp³-hybridized carbons (Fsp3) is 0.400. The summed E-state index contributed by atoms with van der Waals surface area (Å²) in [6, 6.07) is 10.5. The van der Waals surface area contributed by atoms with Gasteiger partial charge in [-0.3, -0.25) is 4.98 Å². The first-order chi connectivity index (χ1) is 15.5. The zero-order chi connectivity index (χ0) is 22.1. The molecule has 1 aliphatic heterocycles. The van der Waals surface area contributed by atoms with Crippen molar-refractivity contribution in [1.29, 1.82) is 0 Å². The highest BCUT2D eigenvalue weighted by molar-refractivity contribution is 6.31. The Kier molecular flexibility index (Phi) is 5.87. The molecule has 1 unspecified atom stereocenters. The highest BCUT2D eigenvalue weighted by Crippen LogP contribution is 2.29. The number of pyridine rings is 1. The van der Waals surface area contributed by atoms with Crippen molar-refractivity contribution in [2.24, 2.45) is 0 Å². The minimum Gasteiger partial charge on any atom is -0.367 e. The van der Waals surface area contributed by atoms with Gasteiger partial charge in [-0.15, -0.1) is 0 Å². The summed E-state index contributed by atoms with van der Waals surface area (Å²) in [5.74, 6) is 1.74. The van der Waals surface area contributed by atoms with Crippen LogP contribution in [0.25, 0.3) is 10.9 Å². The lowest BCUT2D eigenvalue weighted by atomic mass is 9.92. The molecule has 2 fully saturated rings. The Bertz CT molecular complexity index is 1140. The third kappa shape index (κ3) is 4.51. The highest BCUT2D eigenvalue weighted by atomic mass is 35.5. The number of benzene rings is 1. The average Bonchev–Trinajstić information content (AvgIpc) is 2.78. The molecule has 0 bridgehead atoms. The maximum absolute atomic E-state index is 6.16. The van der Waals surface area contributed by atoms with Crippen LogP contribution in [0, 0.1) is 6.92 Å². The van der Waals surface area contributed by atoms with Gasteiger partial charge in [-0.2, -0.15) is 4.98 Å². The first-order valence-electron chi connectivity index (χ1n) is 11.4. The predicted octanol–water partition coefficient (Wildman–Crippen LogP) is 5.22. The van der Waals surface area contributed by atoms with Gasteiger partial charge in [0.25, 0.3) is 0 Å². The number of hydrogen-bond donors (Lipinski definition) is 1. The zero-order valence-corrected chi connectivity index (χ0v) is 19.3. The molecule has 166 valence electrons. The molecule has 7 heteroatoms. The molecule has 1 atom stereocenters. The van der Waals surface area contributed by atoms with Crippen molar-refractivity contribution in [3.8, 4) is 0 Å². The number of fused-ring (bicyclic) bond motifs is 1. The van der Waals surface area contributed by atoms with Gasteiger partial charge in [-0.1, -0.05) is 23.8 Å². The van der Waals surface area contributed by atoms with Gasteiger partial charge in [0.1, 0.15) is 5.82 Å². The molecule has 0 spiro atoms. The summed E-state index contributed by atoms with van der Waals surface area (Å²) in [5.41, 5.74) is 4.46. The Hall–Kier alpha value is -2.86. The second-order valence-electron chi connectivity index (χ2n) is 8.84. The van der Waals surface area contributed by atoms with Crippen molar-refractivity contribution in [2.45, 2.75) is 38.6 Å². The molecule has 2 aliphatic rings. The molecular weight excluding hydrogens is 420 g/mol. The summed E-state index contributed by atoms with van der Waals surface area (Å²) < 4.78 is 0. The van der Waals surface area contributed by atoms with E-state index in [4.69, 9.17) is 16.6 Å². The molecule has 1 saturated carbocycles. The van der Waals surface area contributed by atoms with Crippen LogP contribution in [-0.2, 0) is 0 Å². The van der Waals surface area contributed by atoms with Gasteiger partial charge in [-0.05, 0) is 56.9 Å². The lowest BCUT2D eigenvalue weighted by Crippen LogP contribution is -2.47. The number of nitrogens with one attached hydrogen (secondary N) is 1. The van der Waals surface area contributed by atoms with Gasteiger partial charge in [0.15, 0.2) is 0 Å². The Morgan fingerprint density at radius 2 is 1.88 bits per heavy atom. The molecule has 6 nitrogen and oxygen atoms in total. The highest BCUT2D eigenvalue weighted by Gasteiger charge is 2.22. The standard InChI is InChI=1S/C25H29ClN6/c1-17-4-3-5-20(14-17)29-25-28-18(2)15-24(30-25)32-12-10-31(11-13-32)23-8-9-27-22-16-19(26)6-7-21(22)23/h6-9,15-16,20H,1,3-5,10-14H2,2H3,(H,28,29,30). The molecule has 1 aromatic carbocycles. The summed E-state index contributed by atoms with van der Waals surface area (Å²) in [7, 11) is 0. The molecule has 32 heavy (non-hydrogen) atoms. The van der Waals surface area contributed by atoms with Crippen molar-refractivity contribution in [2.75, 3.05) is 41.3 Å². The SMILES string of the molecule is C=C1CCCC(Nc2nc(C)cc(N3CCN(c4ccnc5cc(Cl)ccc45)CC3)n2)C1. The monoisotopic (exact) mass is 448 g/mol. The van der Waals surface area contributed by atoms with E-state index in [1.165, 1.54) is 17.7 Å². The number of hydrogen-bond acceptors (Lipinski definition) is 6. The van der Waals surface area contributed by atoms with Crippen LogP contribution in [-0.4, -0.2) is 47.2 Å². The molecule has 3 heterocycles. The average molecular weight is 449 g/mol. The molecule has 5 rings (SSSR count). The van der Waals surface area contributed by atoms with Crippen LogP contribution in [0.15, 0.2) is 48.7 Å². The Labute approximate surface area is 194 Å². The number of anilines is 3. The number of aromatic nitrogens is 3. The quantitative estimate of drug-likeness (QED) is 0.552. The lowest BCUT2D eigenvalue weighted by Gasteiger charge is -2.37. The molecular formula is C25H29ClN6. The van der Waals surface area contributed by atoms with E-state index in [1.54, 1.807) is 0 Å². The summed E-state index contributed by atoms with van der Waals surface area (Å²) in [5, 5.41) is 5.41. The minimum atomic E-state index is 0.385. The predicted molar refractivity (Wildman–Crippen MR) is 133 cm³/mol. The topological polar surface area (TPSA) is 57.2 Å². The van der Waals surface area contributed by atoms with Crippen LogP contribution in [0.2, 0.25) is 5.02 Å². The van der Waals surface area contributed by atoms with E-state index < -0.39 is 0 Å². The number of nitrogens with zero attached hydrogens (tertiary/aromatic N) is 5. The van der Waals surface area contributed by atoms with Crippen molar-refractivity contribution in [1.82, 2.24) is 15.0 Å². The van der Waals surface area contributed by atoms with E-state index >= 15 is 0 Å². The molecule has 0 radical (unpaired) electrons. The third-order valence-corrected chi connectivity index (χ3v) is 6.65. The van der Waals surface area contributed by atoms with Crippen molar-refractivity contribution >= 4 is 40.0 Å². The van der Waals surface area contributed by atoms with Gasteiger partial charge in [0.2, 0.25) is 5.95 Å². The van der Waals surface area contributed by atoms with Crippen LogP contribution in [0.5, 0.6) is 0 Å². The summed E-state index contributed by atoms with van der Waals surface area (Å²) >= 11 is 6.16. The second kappa shape index (κ2) is 8.94. The maximum Gasteiger partial charge on any atom is 0.225 e. The van der Waals surface area contributed by atoms with Crippen LogP contribution in [0.4, 0.5) is 17.5 Å². The van der Waals surface area contributed by atoms with Gasteiger partial charge in [0.05, 0.1) is 5.52 Å². The normalized spacial score (nSPS) is 19.4. The molecule has 0 amide bonds. The largest absolute Gasteiger partial charge is 0.367 e.